The van der Waals surface area contributed by atoms with Crippen LogP contribution in [0.2, 0.25) is 15.1 Å². The molecule has 1 rings (SSSR count). The smallest absolute Gasteiger partial charge is 0.347 e. The summed E-state index contributed by atoms with van der Waals surface area (Å²) >= 11 is 17.7. The molecule has 1 unspecified atom stereocenters. The number of carbonyl (C=O) groups is 2. The predicted molar refractivity (Wildman–Crippen MR) is 77.4 cm³/mol. The van der Waals surface area contributed by atoms with Crippen molar-refractivity contribution in [1.82, 2.24) is 0 Å². The minimum Gasteiger partial charge on any atom is -0.463 e. The van der Waals surface area contributed by atoms with Gasteiger partial charge in [0.05, 0.1) is 13.0 Å². The Hall–Kier alpha value is -0.970. The van der Waals surface area contributed by atoms with Crippen LogP contribution in [-0.2, 0) is 25.5 Å². The van der Waals surface area contributed by atoms with E-state index in [9.17, 15) is 9.59 Å². The Morgan fingerprint density at radius 3 is 2.25 bits per heavy atom. The van der Waals surface area contributed by atoms with E-state index < -0.39 is 18.0 Å². The highest BCUT2D eigenvalue weighted by atomic mass is 35.5. The zero-order valence-corrected chi connectivity index (χ0v) is 13.2. The third-order valence-electron chi connectivity index (χ3n) is 2.35. The first-order valence-electron chi connectivity index (χ1n) is 5.84. The van der Waals surface area contributed by atoms with E-state index in [-0.39, 0.29) is 23.1 Å². The maximum absolute atomic E-state index is 11.7. The van der Waals surface area contributed by atoms with Gasteiger partial charge in [-0.2, -0.15) is 0 Å². The van der Waals surface area contributed by atoms with E-state index in [0.29, 0.717) is 10.6 Å². The average molecular weight is 340 g/mol. The molecule has 0 aliphatic heterocycles. The van der Waals surface area contributed by atoms with Crippen molar-refractivity contribution in [1.29, 1.82) is 0 Å². The fourth-order valence-electron chi connectivity index (χ4n) is 1.43. The molecule has 0 aliphatic carbocycles. The minimum atomic E-state index is -0.979. The zero-order chi connectivity index (χ0) is 15.3. The summed E-state index contributed by atoms with van der Waals surface area (Å²) in [5.41, 5.74) is 0.402. The van der Waals surface area contributed by atoms with Crippen LogP contribution in [-0.4, -0.2) is 24.6 Å². The lowest BCUT2D eigenvalue weighted by molar-refractivity contribution is -0.165. The summed E-state index contributed by atoms with van der Waals surface area (Å²) < 4.78 is 9.68. The van der Waals surface area contributed by atoms with E-state index in [1.54, 1.807) is 6.92 Å². The molecule has 0 aliphatic rings. The third-order valence-corrected chi connectivity index (χ3v) is 3.25. The molecule has 1 atom stereocenters. The Balaban J connectivity index is 2.70. The number of hydrogen-bond donors (Lipinski definition) is 0. The lowest BCUT2D eigenvalue weighted by Gasteiger charge is -2.13. The Morgan fingerprint density at radius 2 is 1.75 bits per heavy atom. The van der Waals surface area contributed by atoms with Gasteiger partial charge in [-0.05, 0) is 26.0 Å². The summed E-state index contributed by atoms with van der Waals surface area (Å²) in [7, 11) is 0. The van der Waals surface area contributed by atoms with Crippen LogP contribution in [0.15, 0.2) is 12.1 Å². The number of halogens is 3. The number of ether oxygens (including phenoxy) is 2. The van der Waals surface area contributed by atoms with Crippen LogP contribution in [0.5, 0.6) is 0 Å². The molecule has 7 heteroatoms. The molecule has 110 valence electrons. The first-order chi connectivity index (χ1) is 9.35. The number of hydrogen-bond acceptors (Lipinski definition) is 4. The number of rotatable bonds is 5. The fraction of sp³-hybridized carbons (Fsp3) is 0.385. The van der Waals surface area contributed by atoms with Crippen molar-refractivity contribution in [3.05, 3.63) is 32.8 Å². The van der Waals surface area contributed by atoms with Gasteiger partial charge in [0.25, 0.3) is 0 Å². The lowest BCUT2D eigenvalue weighted by atomic mass is 10.1. The van der Waals surface area contributed by atoms with Crippen LogP contribution in [0.4, 0.5) is 0 Å². The van der Waals surface area contributed by atoms with Crippen molar-refractivity contribution in [2.75, 3.05) is 6.61 Å². The molecule has 0 saturated heterocycles. The highest BCUT2D eigenvalue weighted by Gasteiger charge is 2.20. The Bertz CT molecular complexity index is 493. The second-order valence-electron chi connectivity index (χ2n) is 3.91. The molecule has 1 aromatic carbocycles. The summed E-state index contributed by atoms with van der Waals surface area (Å²) in [6.45, 7) is 3.32. The molecule has 0 radical (unpaired) electrons. The third kappa shape index (κ3) is 4.85. The first kappa shape index (κ1) is 17.1. The fourth-order valence-corrected chi connectivity index (χ4v) is 2.38. The Labute approximate surface area is 131 Å². The van der Waals surface area contributed by atoms with Gasteiger partial charge in [0.2, 0.25) is 0 Å². The van der Waals surface area contributed by atoms with Gasteiger partial charge in [-0.1, -0.05) is 34.8 Å². The van der Waals surface area contributed by atoms with Gasteiger partial charge in [0.15, 0.2) is 6.10 Å². The number of benzene rings is 1. The molecule has 0 heterocycles. The van der Waals surface area contributed by atoms with Gasteiger partial charge >= 0.3 is 11.9 Å². The van der Waals surface area contributed by atoms with Gasteiger partial charge in [0, 0.05) is 20.6 Å². The van der Waals surface area contributed by atoms with E-state index >= 15 is 0 Å². The summed E-state index contributed by atoms with van der Waals surface area (Å²) in [5, 5.41) is 0.906. The van der Waals surface area contributed by atoms with Gasteiger partial charge in [-0.25, -0.2) is 4.79 Å². The highest BCUT2D eigenvalue weighted by molar-refractivity contribution is 6.39. The van der Waals surface area contributed by atoms with E-state index in [2.05, 4.69) is 0 Å². The van der Waals surface area contributed by atoms with Crippen molar-refractivity contribution in [3.63, 3.8) is 0 Å². The first-order valence-corrected chi connectivity index (χ1v) is 6.98. The van der Waals surface area contributed by atoms with Crippen LogP contribution in [0.3, 0.4) is 0 Å². The summed E-state index contributed by atoms with van der Waals surface area (Å²) in [6, 6.07) is 2.96. The Morgan fingerprint density at radius 1 is 1.20 bits per heavy atom. The van der Waals surface area contributed by atoms with Crippen LogP contribution in [0.1, 0.15) is 19.4 Å². The summed E-state index contributed by atoms with van der Waals surface area (Å²) in [6.07, 6.45) is -1.13. The van der Waals surface area contributed by atoms with Crippen LogP contribution in [0.25, 0.3) is 0 Å². The van der Waals surface area contributed by atoms with E-state index in [1.165, 1.54) is 19.1 Å². The van der Waals surface area contributed by atoms with Crippen molar-refractivity contribution < 1.29 is 19.1 Å². The Kier molecular flexibility index (Phi) is 6.59. The number of esters is 2. The quantitative estimate of drug-likeness (QED) is 0.768. The molecular formula is C13H13Cl3O4. The van der Waals surface area contributed by atoms with Gasteiger partial charge in [0.1, 0.15) is 0 Å². The van der Waals surface area contributed by atoms with Crippen LogP contribution >= 0.6 is 34.8 Å². The predicted octanol–water partition coefficient (Wildman–Crippen LogP) is 3.68. The monoisotopic (exact) mass is 338 g/mol. The van der Waals surface area contributed by atoms with Crippen molar-refractivity contribution in [3.8, 4) is 0 Å². The number of carbonyl (C=O) groups excluding carboxylic acids is 2. The van der Waals surface area contributed by atoms with Crippen molar-refractivity contribution in [2.45, 2.75) is 26.4 Å². The zero-order valence-electron chi connectivity index (χ0n) is 10.9. The molecule has 0 fully saturated rings. The molecule has 0 amide bonds. The molecule has 0 N–H and O–H groups in total. The van der Waals surface area contributed by atoms with Crippen LogP contribution < -0.4 is 0 Å². The molecule has 0 saturated carbocycles. The van der Waals surface area contributed by atoms with Gasteiger partial charge in [-0.15, -0.1) is 0 Å². The maximum Gasteiger partial charge on any atom is 0.347 e. The molecular weight excluding hydrogens is 326 g/mol. The SMILES string of the molecule is CCOC(=O)C(C)OC(=O)Cc1c(Cl)cc(Cl)cc1Cl. The standard InChI is InChI=1S/C13H13Cl3O4/c1-3-19-13(18)7(2)20-12(17)6-9-10(15)4-8(14)5-11(9)16/h4-5,7H,3,6H2,1-2H3. The summed E-state index contributed by atoms with van der Waals surface area (Å²) in [5.74, 6) is -1.23. The van der Waals surface area contributed by atoms with Crippen molar-refractivity contribution in [2.24, 2.45) is 0 Å². The topological polar surface area (TPSA) is 52.6 Å². The average Bonchev–Trinajstić information content (AvgIpc) is 2.34. The molecule has 4 nitrogen and oxygen atoms in total. The van der Waals surface area contributed by atoms with Gasteiger partial charge in [-0.3, -0.25) is 4.79 Å². The summed E-state index contributed by atoms with van der Waals surface area (Å²) in [4.78, 5) is 23.1. The van der Waals surface area contributed by atoms with Gasteiger partial charge < -0.3 is 9.47 Å². The molecule has 0 bridgehead atoms. The highest BCUT2D eigenvalue weighted by Crippen LogP contribution is 2.29. The normalized spacial score (nSPS) is 11.8. The van der Waals surface area contributed by atoms with E-state index in [4.69, 9.17) is 44.3 Å². The van der Waals surface area contributed by atoms with Crippen LogP contribution in [0, 0.1) is 0 Å². The second kappa shape index (κ2) is 7.72. The van der Waals surface area contributed by atoms with E-state index in [0.717, 1.165) is 0 Å². The van der Waals surface area contributed by atoms with Crippen molar-refractivity contribution >= 4 is 46.7 Å². The molecule has 0 aromatic heterocycles. The molecule has 0 spiro atoms. The maximum atomic E-state index is 11.7. The largest absolute Gasteiger partial charge is 0.463 e. The van der Waals surface area contributed by atoms with E-state index in [1.807, 2.05) is 0 Å². The lowest BCUT2D eigenvalue weighted by Crippen LogP contribution is -2.27. The minimum absolute atomic E-state index is 0.154. The molecule has 1 aromatic rings. The molecule has 20 heavy (non-hydrogen) atoms. The second-order valence-corrected chi connectivity index (χ2v) is 5.16.